The summed E-state index contributed by atoms with van der Waals surface area (Å²) in [4.78, 5) is -0.136. The summed E-state index contributed by atoms with van der Waals surface area (Å²) in [5.74, 6) is 0.939. The molecule has 0 unspecified atom stereocenters. The molecule has 0 radical (unpaired) electrons. The van der Waals surface area contributed by atoms with Gasteiger partial charge in [-0.05, 0) is 48.7 Å². The Morgan fingerprint density at radius 3 is 2.14 bits per heavy atom. The maximum Gasteiger partial charge on any atom is 1.00 e. The first-order valence-corrected chi connectivity index (χ1v) is 10.9. The largest absolute Gasteiger partial charge is 1.00 e. The van der Waals surface area contributed by atoms with Crippen molar-refractivity contribution in [1.29, 1.82) is 0 Å². The van der Waals surface area contributed by atoms with E-state index >= 15 is 0 Å². The van der Waals surface area contributed by atoms with Crippen molar-refractivity contribution in [3.05, 3.63) is 48.0 Å². The Labute approximate surface area is 210 Å². The molecule has 0 bridgehead atoms. The van der Waals surface area contributed by atoms with Crippen LogP contribution in [0, 0.1) is 0 Å². The first-order valence-electron chi connectivity index (χ1n) is 9.45. The molecule has 1 N–H and O–H groups in total. The van der Waals surface area contributed by atoms with Crippen molar-refractivity contribution in [3.63, 3.8) is 0 Å². The Kier molecular flexibility index (Phi) is 11.9. The van der Waals surface area contributed by atoms with E-state index < -0.39 is 10.1 Å². The first-order chi connectivity index (χ1) is 12.9. The van der Waals surface area contributed by atoms with Crippen LogP contribution in [0.25, 0.3) is 0 Å². The Morgan fingerprint density at radius 2 is 1.54 bits per heavy atom. The summed E-state index contributed by atoms with van der Waals surface area (Å²) in [6.07, 6.45) is 8.72. The van der Waals surface area contributed by atoms with Gasteiger partial charge in [0, 0.05) is 0 Å². The molecular formula is C21H27KO5S. The van der Waals surface area contributed by atoms with E-state index in [2.05, 4.69) is 6.92 Å². The molecule has 0 saturated carbocycles. The molecule has 0 saturated heterocycles. The minimum Gasteiger partial charge on any atom is -0.872 e. The smallest absolute Gasteiger partial charge is 0.872 e. The van der Waals surface area contributed by atoms with Crippen LogP contribution < -0.4 is 61.2 Å². The van der Waals surface area contributed by atoms with E-state index in [9.17, 15) is 18.1 Å². The van der Waals surface area contributed by atoms with Crippen molar-refractivity contribution in [2.24, 2.45) is 0 Å². The van der Waals surface area contributed by atoms with Crippen LogP contribution in [-0.2, 0) is 16.5 Å². The minimum atomic E-state index is -4.26. The van der Waals surface area contributed by atoms with Crippen molar-refractivity contribution in [1.82, 2.24) is 0 Å². The number of benzene rings is 2. The monoisotopic (exact) mass is 430 g/mol. The van der Waals surface area contributed by atoms with Gasteiger partial charge in [-0.2, -0.15) is 8.42 Å². The van der Waals surface area contributed by atoms with Gasteiger partial charge < -0.3 is 9.84 Å². The topological polar surface area (TPSA) is 86.7 Å². The summed E-state index contributed by atoms with van der Waals surface area (Å²) in [5.41, 5.74) is 0.727. The Hall–Kier alpha value is -0.414. The van der Waals surface area contributed by atoms with E-state index in [1.165, 1.54) is 49.9 Å². The number of ether oxygens (including phenoxy) is 1. The number of aryl methyl sites for hydroxylation is 1. The predicted octanol–water partition coefficient (Wildman–Crippen LogP) is 2.10. The van der Waals surface area contributed by atoms with Crippen molar-refractivity contribution < 1.29 is 74.2 Å². The standard InChI is InChI=1S/C21H28O5S.K/c1-2-3-4-5-6-7-8-9-17-16-20(27(23,24)25)14-15-21(17)26-19-12-10-18(22)11-13-19;/h10-16,22H,2-9H2,1H3,(H,23,24,25);/q;+1/p-1. The molecule has 0 aliphatic rings. The zero-order valence-corrected chi connectivity index (χ0v) is 20.6. The fourth-order valence-corrected chi connectivity index (χ4v) is 3.45. The quantitative estimate of drug-likeness (QED) is 0.335. The molecule has 28 heavy (non-hydrogen) atoms. The maximum atomic E-state index is 11.4. The fourth-order valence-electron chi connectivity index (χ4n) is 2.92. The van der Waals surface area contributed by atoms with E-state index in [0.29, 0.717) is 17.9 Å². The van der Waals surface area contributed by atoms with Gasteiger partial charge in [0.05, 0.1) is 4.90 Å². The number of rotatable bonds is 11. The molecule has 5 nitrogen and oxygen atoms in total. The molecule has 0 aliphatic carbocycles. The molecular weight excluding hydrogens is 403 g/mol. The normalized spacial score (nSPS) is 11.1. The first kappa shape index (κ1) is 25.6. The van der Waals surface area contributed by atoms with E-state index in [1.54, 1.807) is 18.2 Å². The molecule has 2 rings (SSSR count). The van der Waals surface area contributed by atoms with Crippen LogP contribution in [0.1, 0.15) is 57.4 Å². The Morgan fingerprint density at radius 1 is 0.929 bits per heavy atom. The van der Waals surface area contributed by atoms with E-state index in [1.807, 2.05) is 0 Å². The van der Waals surface area contributed by atoms with Crippen LogP contribution in [0.3, 0.4) is 0 Å². The molecule has 0 aromatic heterocycles. The van der Waals surface area contributed by atoms with Crippen LogP contribution in [0.4, 0.5) is 0 Å². The van der Waals surface area contributed by atoms with E-state index in [0.717, 1.165) is 24.8 Å². The Bertz CT molecular complexity index is 819. The van der Waals surface area contributed by atoms with Crippen LogP contribution in [0.2, 0.25) is 0 Å². The van der Waals surface area contributed by atoms with Crippen molar-refractivity contribution in [2.75, 3.05) is 0 Å². The van der Waals surface area contributed by atoms with Crippen LogP contribution in [-0.4, -0.2) is 13.0 Å². The van der Waals surface area contributed by atoms with Gasteiger partial charge in [0.1, 0.15) is 11.5 Å². The van der Waals surface area contributed by atoms with E-state index in [-0.39, 0.29) is 62.0 Å². The predicted molar refractivity (Wildman–Crippen MR) is 104 cm³/mol. The molecule has 0 heterocycles. The summed E-state index contributed by atoms with van der Waals surface area (Å²) >= 11 is 0. The molecule has 0 amide bonds. The minimum absolute atomic E-state index is 0. The van der Waals surface area contributed by atoms with Gasteiger partial charge in [-0.1, -0.05) is 57.6 Å². The van der Waals surface area contributed by atoms with Crippen molar-refractivity contribution in [3.8, 4) is 17.2 Å². The van der Waals surface area contributed by atoms with Gasteiger partial charge in [0.25, 0.3) is 10.1 Å². The molecule has 0 fully saturated rings. The van der Waals surface area contributed by atoms with Gasteiger partial charge in [-0.25, -0.2) is 0 Å². The number of unbranched alkanes of at least 4 members (excludes halogenated alkanes) is 6. The van der Waals surface area contributed by atoms with Gasteiger partial charge in [0.15, 0.2) is 0 Å². The van der Waals surface area contributed by atoms with Crippen molar-refractivity contribution >= 4 is 10.1 Å². The third-order valence-corrected chi connectivity index (χ3v) is 5.28. The van der Waals surface area contributed by atoms with Crippen LogP contribution in [0.5, 0.6) is 17.2 Å². The van der Waals surface area contributed by atoms with Gasteiger partial charge in [-0.3, -0.25) is 4.55 Å². The SMILES string of the molecule is CCCCCCCCCc1cc(S(=O)(=O)O)ccc1Oc1ccc([O-])cc1.[K+]. The molecule has 7 heteroatoms. The summed E-state index contributed by atoms with van der Waals surface area (Å²) in [6, 6.07) is 10.3. The molecule has 2 aromatic carbocycles. The second-order valence-electron chi connectivity index (χ2n) is 6.69. The molecule has 148 valence electrons. The Balaban J connectivity index is 0.00000392. The molecule has 0 aliphatic heterocycles. The number of hydrogen-bond acceptors (Lipinski definition) is 4. The summed E-state index contributed by atoms with van der Waals surface area (Å²) in [6.45, 7) is 2.19. The third kappa shape index (κ3) is 8.94. The van der Waals surface area contributed by atoms with Gasteiger partial charge in [-0.15, -0.1) is 5.75 Å². The zero-order chi connectivity index (χ0) is 19.7. The van der Waals surface area contributed by atoms with Crippen molar-refractivity contribution in [2.45, 2.75) is 63.2 Å². The maximum absolute atomic E-state index is 11.4. The van der Waals surface area contributed by atoms with Gasteiger partial charge in [0.2, 0.25) is 0 Å². The summed E-state index contributed by atoms with van der Waals surface area (Å²) in [7, 11) is -4.26. The van der Waals surface area contributed by atoms with Gasteiger partial charge >= 0.3 is 51.4 Å². The van der Waals surface area contributed by atoms with E-state index in [4.69, 9.17) is 4.74 Å². The van der Waals surface area contributed by atoms with Crippen LogP contribution in [0.15, 0.2) is 47.4 Å². The molecule has 2 aromatic rings. The van der Waals surface area contributed by atoms with Crippen LogP contribution >= 0.6 is 0 Å². The number of hydrogen-bond donors (Lipinski definition) is 1. The average Bonchev–Trinajstić information content (AvgIpc) is 2.63. The molecule has 0 atom stereocenters. The summed E-state index contributed by atoms with van der Waals surface area (Å²) in [5, 5.41) is 11.2. The second kappa shape index (κ2) is 13.0. The molecule has 0 spiro atoms. The summed E-state index contributed by atoms with van der Waals surface area (Å²) < 4.78 is 38.0. The average molecular weight is 431 g/mol. The zero-order valence-electron chi connectivity index (χ0n) is 16.7. The fraction of sp³-hybridized carbons (Fsp3) is 0.429. The second-order valence-corrected chi connectivity index (χ2v) is 8.11. The third-order valence-electron chi connectivity index (χ3n) is 4.43.